The Kier molecular flexibility index (Phi) is 4.44. The normalized spacial score (nSPS) is 9.24. The van der Waals surface area contributed by atoms with Gasteiger partial charge in [0.25, 0.3) is 0 Å². The molecule has 0 saturated carbocycles. The summed E-state index contributed by atoms with van der Waals surface area (Å²) in [6, 6.07) is 8.74. The quantitative estimate of drug-likeness (QED) is 0.728. The molecule has 0 aliphatic heterocycles. The third-order valence-corrected chi connectivity index (χ3v) is 2.11. The van der Waals surface area contributed by atoms with Crippen LogP contribution in [0.3, 0.4) is 0 Å². The molecule has 87 valence electrons. The molecule has 2 aromatic rings. The van der Waals surface area contributed by atoms with Crippen molar-refractivity contribution >= 4 is 0 Å². The molecular weight excluding hydrogens is 402 g/mol. The molecule has 0 aliphatic rings. The zero-order chi connectivity index (χ0) is 11.5. The van der Waals surface area contributed by atoms with Gasteiger partial charge in [0.1, 0.15) is 23.3 Å². The summed E-state index contributed by atoms with van der Waals surface area (Å²) in [7, 11) is 0. The van der Waals surface area contributed by atoms with Gasteiger partial charge in [-0.1, -0.05) is 6.07 Å². The van der Waals surface area contributed by atoms with Crippen LogP contribution in [0.5, 0.6) is 0 Å². The standard InChI is InChI=1S/C12H6F2N2.Ir/c13-10-5-8(6-11(14)9(10)7-15)12-3-1-2-4-16-12;/h1-6H;. The average molecular weight is 408 g/mol. The minimum atomic E-state index is -0.872. The number of nitriles is 1. The summed E-state index contributed by atoms with van der Waals surface area (Å²) < 4.78 is 26.6. The molecule has 2 nitrogen and oxygen atoms in total. The number of halogens is 2. The van der Waals surface area contributed by atoms with E-state index in [0.717, 1.165) is 12.1 Å². The van der Waals surface area contributed by atoms with E-state index >= 15 is 0 Å². The van der Waals surface area contributed by atoms with Crippen molar-refractivity contribution in [1.29, 1.82) is 5.26 Å². The van der Waals surface area contributed by atoms with Gasteiger partial charge in [0.15, 0.2) is 0 Å². The van der Waals surface area contributed by atoms with Crippen LogP contribution in [0.2, 0.25) is 0 Å². The minimum absolute atomic E-state index is 0. The number of pyridine rings is 1. The molecule has 0 fully saturated rings. The monoisotopic (exact) mass is 409 g/mol. The number of hydrogen-bond acceptors (Lipinski definition) is 2. The van der Waals surface area contributed by atoms with Gasteiger partial charge in [-0.3, -0.25) is 4.98 Å². The number of benzene rings is 1. The third kappa shape index (κ3) is 2.73. The molecule has 0 aliphatic carbocycles. The first-order chi connectivity index (χ1) is 7.72. The van der Waals surface area contributed by atoms with E-state index in [-0.39, 0.29) is 20.1 Å². The molecule has 0 bridgehead atoms. The van der Waals surface area contributed by atoms with Crippen LogP contribution in [0, 0.1) is 23.0 Å². The molecule has 17 heavy (non-hydrogen) atoms. The molecule has 0 N–H and O–H groups in total. The van der Waals surface area contributed by atoms with Crippen LogP contribution in [0.25, 0.3) is 11.3 Å². The Morgan fingerprint density at radius 1 is 1.12 bits per heavy atom. The fraction of sp³-hybridized carbons (Fsp3) is 0. The van der Waals surface area contributed by atoms with Crippen molar-refractivity contribution in [2.75, 3.05) is 0 Å². The van der Waals surface area contributed by atoms with Gasteiger partial charge >= 0.3 is 0 Å². The van der Waals surface area contributed by atoms with Crippen molar-refractivity contribution in [3.63, 3.8) is 0 Å². The number of hydrogen-bond donors (Lipinski definition) is 0. The minimum Gasteiger partial charge on any atom is -0.256 e. The second-order valence-corrected chi connectivity index (χ2v) is 3.14. The molecule has 0 saturated heterocycles. The fourth-order valence-corrected chi connectivity index (χ4v) is 1.36. The van der Waals surface area contributed by atoms with Crippen LogP contribution < -0.4 is 0 Å². The van der Waals surface area contributed by atoms with Gasteiger partial charge in [0.2, 0.25) is 0 Å². The average Bonchev–Trinajstić information content (AvgIpc) is 2.30. The Hall–Kier alpha value is -1.63. The second kappa shape index (κ2) is 5.62. The van der Waals surface area contributed by atoms with Crippen molar-refractivity contribution in [3.05, 3.63) is 53.7 Å². The molecule has 1 aromatic carbocycles. The molecule has 0 unspecified atom stereocenters. The summed E-state index contributed by atoms with van der Waals surface area (Å²) in [5.74, 6) is -1.74. The van der Waals surface area contributed by atoms with Gasteiger partial charge in [-0.2, -0.15) is 5.26 Å². The molecule has 2 rings (SSSR count). The van der Waals surface area contributed by atoms with Crippen LogP contribution in [-0.2, 0) is 20.1 Å². The van der Waals surface area contributed by atoms with Crippen LogP contribution in [0.15, 0.2) is 36.5 Å². The Morgan fingerprint density at radius 2 is 1.76 bits per heavy atom. The third-order valence-electron chi connectivity index (χ3n) is 2.11. The Balaban J connectivity index is 0.00000144. The first-order valence-corrected chi connectivity index (χ1v) is 4.53. The van der Waals surface area contributed by atoms with Gasteiger partial charge in [-0.15, -0.1) is 0 Å². The summed E-state index contributed by atoms with van der Waals surface area (Å²) in [5.41, 5.74) is 0.207. The van der Waals surface area contributed by atoms with Gasteiger partial charge in [-0.05, 0) is 24.3 Å². The number of aromatic nitrogens is 1. The maximum absolute atomic E-state index is 13.3. The topological polar surface area (TPSA) is 36.7 Å². The first-order valence-electron chi connectivity index (χ1n) is 4.53. The fourth-order valence-electron chi connectivity index (χ4n) is 1.36. The van der Waals surface area contributed by atoms with E-state index in [1.807, 2.05) is 0 Å². The first kappa shape index (κ1) is 13.4. The van der Waals surface area contributed by atoms with E-state index in [2.05, 4.69) is 4.98 Å². The van der Waals surface area contributed by atoms with E-state index in [0.29, 0.717) is 11.3 Å². The van der Waals surface area contributed by atoms with Crippen molar-refractivity contribution in [3.8, 4) is 17.3 Å². The van der Waals surface area contributed by atoms with Crippen LogP contribution in [0.4, 0.5) is 8.78 Å². The van der Waals surface area contributed by atoms with Gasteiger partial charge < -0.3 is 0 Å². The van der Waals surface area contributed by atoms with Gasteiger partial charge in [-0.25, -0.2) is 8.78 Å². The summed E-state index contributed by atoms with van der Waals surface area (Å²) in [5, 5.41) is 8.52. The Labute approximate surface area is 110 Å². The predicted molar refractivity (Wildman–Crippen MR) is 54.3 cm³/mol. The summed E-state index contributed by atoms with van der Waals surface area (Å²) in [6.45, 7) is 0. The maximum Gasteiger partial charge on any atom is 0.144 e. The Morgan fingerprint density at radius 3 is 2.24 bits per heavy atom. The number of rotatable bonds is 1. The van der Waals surface area contributed by atoms with Crippen LogP contribution >= 0.6 is 0 Å². The second-order valence-electron chi connectivity index (χ2n) is 3.14. The SMILES string of the molecule is N#Cc1c(F)cc(-c2ccccn2)cc1F.[Ir]. The molecule has 0 atom stereocenters. The summed E-state index contributed by atoms with van der Waals surface area (Å²) in [4.78, 5) is 3.97. The van der Waals surface area contributed by atoms with Crippen molar-refractivity contribution in [2.24, 2.45) is 0 Å². The van der Waals surface area contributed by atoms with E-state index in [4.69, 9.17) is 5.26 Å². The van der Waals surface area contributed by atoms with Gasteiger partial charge in [0, 0.05) is 31.9 Å². The van der Waals surface area contributed by atoms with Gasteiger partial charge in [0.05, 0.1) is 5.69 Å². The predicted octanol–water partition coefficient (Wildman–Crippen LogP) is 2.90. The summed E-state index contributed by atoms with van der Waals surface area (Å²) in [6.07, 6.45) is 1.53. The van der Waals surface area contributed by atoms with Crippen molar-refractivity contribution in [1.82, 2.24) is 4.98 Å². The molecule has 1 heterocycles. The zero-order valence-electron chi connectivity index (χ0n) is 8.45. The van der Waals surface area contributed by atoms with Crippen LogP contribution in [-0.4, -0.2) is 4.98 Å². The smallest absolute Gasteiger partial charge is 0.144 e. The largest absolute Gasteiger partial charge is 0.256 e. The molecule has 0 spiro atoms. The Bertz CT molecular complexity index is 541. The summed E-state index contributed by atoms with van der Waals surface area (Å²) >= 11 is 0. The molecule has 1 radical (unpaired) electrons. The van der Waals surface area contributed by atoms with Crippen molar-refractivity contribution < 1.29 is 28.9 Å². The van der Waals surface area contributed by atoms with E-state index < -0.39 is 17.2 Å². The molecule has 5 heteroatoms. The number of nitrogens with zero attached hydrogens (tertiary/aromatic N) is 2. The van der Waals surface area contributed by atoms with Crippen molar-refractivity contribution in [2.45, 2.75) is 0 Å². The van der Waals surface area contributed by atoms with E-state index in [1.165, 1.54) is 12.3 Å². The zero-order valence-corrected chi connectivity index (χ0v) is 10.8. The van der Waals surface area contributed by atoms with Crippen LogP contribution in [0.1, 0.15) is 5.56 Å². The van der Waals surface area contributed by atoms with E-state index in [1.54, 1.807) is 18.2 Å². The molecular formula is C12H6F2IrN2. The molecule has 0 amide bonds. The maximum atomic E-state index is 13.3. The van der Waals surface area contributed by atoms with E-state index in [9.17, 15) is 8.78 Å². The molecule has 1 aromatic heterocycles.